The quantitative estimate of drug-likeness (QED) is 0.751. The van der Waals surface area contributed by atoms with Gasteiger partial charge in [0, 0.05) is 31.8 Å². The fraction of sp³-hybridized carbons (Fsp3) is 0.769. The molecule has 0 radical (unpaired) electrons. The van der Waals surface area contributed by atoms with Crippen LogP contribution < -0.4 is 5.32 Å². The standard InChI is InChI=1S/C13H25N3O/c1-5-7-14-12(10-17-4)9-13-8-11(3)15-16(13)6-2/h8,12,14H,5-7,9-10H2,1-4H3. The average Bonchev–Trinajstić information content (AvgIpc) is 2.66. The van der Waals surface area contributed by atoms with Gasteiger partial charge in [0.2, 0.25) is 0 Å². The largest absolute Gasteiger partial charge is 0.383 e. The lowest BCUT2D eigenvalue weighted by Crippen LogP contribution is -2.36. The summed E-state index contributed by atoms with van der Waals surface area (Å²) in [6.07, 6.45) is 2.12. The highest BCUT2D eigenvalue weighted by molar-refractivity contribution is 5.10. The van der Waals surface area contributed by atoms with Gasteiger partial charge in [-0.3, -0.25) is 4.68 Å². The molecule has 4 nitrogen and oxygen atoms in total. The third-order valence-corrected chi connectivity index (χ3v) is 2.79. The van der Waals surface area contributed by atoms with Gasteiger partial charge in [0.1, 0.15) is 0 Å². The van der Waals surface area contributed by atoms with Gasteiger partial charge in [-0.2, -0.15) is 5.10 Å². The minimum atomic E-state index is 0.376. The van der Waals surface area contributed by atoms with Crippen LogP contribution in [0.2, 0.25) is 0 Å². The number of aryl methyl sites for hydroxylation is 2. The Kier molecular flexibility index (Phi) is 6.22. The Morgan fingerprint density at radius 1 is 1.47 bits per heavy atom. The summed E-state index contributed by atoms with van der Waals surface area (Å²) in [6, 6.07) is 2.54. The molecule has 0 fully saturated rings. The van der Waals surface area contributed by atoms with Crippen LogP contribution in [0.1, 0.15) is 31.7 Å². The van der Waals surface area contributed by atoms with Crippen LogP contribution in [0.15, 0.2) is 6.07 Å². The van der Waals surface area contributed by atoms with Gasteiger partial charge in [-0.1, -0.05) is 6.92 Å². The monoisotopic (exact) mass is 239 g/mol. The van der Waals surface area contributed by atoms with Crippen LogP contribution in [0.5, 0.6) is 0 Å². The normalized spacial score (nSPS) is 12.9. The van der Waals surface area contributed by atoms with Crippen LogP contribution in [0.4, 0.5) is 0 Å². The lowest BCUT2D eigenvalue weighted by Gasteiger charge is -2.17. The Labute approximate surface area is 104 Å². The molecule has 1 atom stereocenters. The van der Waals surface area contributed by atoms with Gasteiger partial charge in [-0.25, -0.2) is 0 Å². The number of aromatic nitrogens is 2. The number of rotatable bonds is 8. The average molecular weight is 239 g/mol. The van der Waals surface area contributed by atoms with Gasteiger partial charge in [0.25, 0.3) is 0 Å². The van der Waals surface area contributed by atoms with E-state index in [4.69, 9.17) is 4.74 Å². The first-order valence-electron chi connectivity index (χ1n) is 6.46. The zero-order chi connectivity index (χ0) is 12.7. The summed E-state index contributed by atoms with van der Waals surface area (Å²) in [6.45, 7) is 9.05. The molecule has 0 amide bonds. The van der Waals surface area contributed by atoms with Crippen molar-refractivity contribution in [3.8, 4) is 0 Å². The van der Waals surface area contributed by atoms with Crippen LogP contribution in [-0.2, 0) is 17.7 Å². The van der Waals surface area contributed by atoms with Gasteiger partial charge >= 0.3 is 0 Å². The fourth-order valence-electron chi connectivity index (χ4n) is 2.03. The molecular weight excluding hydrogens is 214 g/mol. The summed E-state index contributed by atoms with van der Waals surface area (Å²) in [7, 11) is 1.75. The third-order valence-electron chi connectivity index (χ3n) is 2.79. The van der Waals surface area contributed by atoms with Gasteiger partial charge in [0.05, 0.1) is 12.3 Å². The minimum absolute atomic E-state index is 0.376. The second-order valence-electron chi connectivity index (χ2n) is 4.40. The molecule has 1 unspecified atom stereocenters. The lowest BCUT2D eigenvalue weighted by atomic mass is 10.1. The summed E-state index contributed by atoms with van der Waals surface area (Å²) in [4.78, 5) is 0. The van der Waals surface area contributed by atoms with E-state index in [2.05, 4.69) is 35.0 Å². The molecule has 0 aliphatic heterocycles. The maximum absolute atomic E-state index is 5.26. The molecule has 1 rings (SSSR count). The van der Waals surface area contributed by atoms with Crippen molar-refractivity contribution in [3.05, 3.63) is 17.5 Å². The predicted octanol–water partition coefficient (Wildman–Crippen LogP) is 1.77. The molecule has 0 spiro atoms. The molecule has 0 saturated carbocycles. The third kappa shape index (κ3) is 4.48. The van der Waals surface area contributed by atoms with Crippen molar-refractivity contribution < 1.29 is 4.74 Å². The van der Waals surface area contributed by atoms with Gasteiger partial charge in [-0.05, 0) is 32.9 Å². The topological polar surface area (TPSA) is 39.1 Å². The molecule has 1 aromatic heterocycles. The molecule has 0 aliphatic carbocycles. The van der Waals surface area contributed by atoms with E-state index >= 15 is 0 Å². The second-order valence-corrected chi connectivity index (χ2v) is 4.40. The first-order chi connectivity index (χ1) is 8.21. The van der Waals surface area contributed by atoms with Crippen molar-refractivity contribution in [2.24, 2.45) is 0 Å². The van der Waals surface area contributed by atoms with Crippen molar-refractivity contribution in [3.63, 3.8) is 0 Å². The van der Waals surface area contributed by atoms with E-state index in [0.29, 0.717) is 6.04 Å². The Morgan fingerprint density at radius 3 is 2.82 bits per heavy atom. The molecule has 1 heterocycles. The first-order valence-corrected chi connectivity index (χ1v) is 6.46. The maximum Gasteiger partial charge on any atom is 0.0619 e. The Balaban J connectivity index is 2.63. The Bertz CT molecular complexity index is 322. The molecule has 1 aromatic rings. The molecule has 0 saturated heterocycles. The van der Waals surface area contributed by atoms with E-state index < -0.39 is 0 Å². The maximum atomic E-state index is 5.26. The van der Waals surface area contributed by atoms with E-state index in [1.165, 1.54) is 5.69 Å². The number of hydrogen-bond donors (Lipinski definition) is 1. The summed E-state index contributed by atoms with van der Waals surface area (Å²) in [5.41, 5.74) is 2.38. The van der Waals surface area contributed by atoms with E-state index in [1.807, 2.05) is 6.92 Å². The fourth-order valence-corrected chi connectivity index (χ4v) is 2.03. The van der Waals surface area contributed by atoms with Crippen LogP contribution >= 0.6 is 0 Å². The van der Waals surface area contributed by atoms with Crippen molar-refractivity contribution in [1.29, 1.82) is 0 Å². The predicted molar refractivity (Wildman–Crippen MR) is 70.3 cm³/mol. The van der Waals surface area contributed by atoms with Gasteiger partial charge in [0.15, 0.2) is 0 Å². The Morgan fingerprint density at radius 2 is 2.24 bits per heavy atom. The molecule has 4 heteroatoms. The smallest absolute Gasteiger partial charge is 0.0619 e. The Hall–Kier alpha value is -0.870. The van der Waals surface area contributed by atoms with E-state index in [1.54, 1.807) is 7.11 Å². The highest BCUT2D eigenvalue weighted by Gasteiger charge is 2.12. The van der Waals surface area contributed by atoms with Crippen molar-refractivity contribution in [1.82, 2.24) is 15.1 Å². The molecule has 0 bridgehead atoms. The SMILES string of the molecule is CCCNC(COC)Cc1cc(C)nn1CC. The molecule has 1 N–H and O–H groups in total. The zero-order valence-electron chi connectivity index (χ0n) is 11.5. The molecule has 98 valence electrons. The highest BCUT2D eigenvalue weighted by Crippen LogP contribution is 2.07. The van der Waals surface area contributed by atoms with Crippen molar-refractivity contribution in [2.45, 2.75) is 46.2 Å². The van der Waals surface area contributed by atoms with Crippen LogP contribution in [0.3, 0.4) is 0 Å². The summed E-state index contributed by atoms with van der Waals surface area (Å²) < 4.78 is 7.34. The highest BCUT2D eigenvalue weighted by atomic mass is 16.5. The zero-order valence-corrected chi connectivity index (χ0v) is 11.5. The molecular formula is C13H25N3O. The number of methoxy groups -OCH3 is 1. The van der Waals surface area contributed by atoms with E-state index in [9.17, 15) is 0 Å². The summed E-state index contributed by atoms with van der Waals surface area (Å²) in [5, 5.41) is 7.98. The molecule has 17 heavy (non-hydrogen) atoms. The van der Waals surface area contributed by atoms with Crippen molar-refractivity contribution >= 4 is 0 Å². The van der Waals surface area contributed by atoms with Crippen LogP contribution in [0.25, 0.3) is 0 Å². The number of nitrogens with zero attached hydrogens (tertiary/aromatic N) is 2. The van der Waals surface area contributed by atoms with E-state index in [-0.39, 0.29) is 0 Å². The van der Waals surface area contributed by atoms with Gasteiger partial charge in [-0.15, -0.1) is 0 Å². The first kappa shape index (κ1) is 14.2. The lowest BCUT2D eigenvalue weighted by molar-refractivity contribution is 0.165. The van der Waals surface area contributed by atoms with Crippen molar-refractivity contribution in [2.75, 3.05) is 20.3 Å². The summed E-state index contributed by atoms with van der Waals surface area (Å²) in [5.74, 6) is 0. The number of ether oxygens (including phenoxy) is 1. The summed E-state index contributed by atoms with van der Waals surface area (Å²) >= 11 is 0. The van der Waals surface area contributed by atoms with E-state index in [0.717, 1.165) is 38.2 Å². The number of nitrogens with one attached hydrogen (secondary N) is 1. The number of hydrogen-bond acceptors (Lipinski definition) is 3. The van der Waals surface area contributed by atoms with Gasteiger partial charge < -0.3 is 10.1 Å². The molecule has 0 aliphatic rings. The van der Waals surface area contributed by atoms with Crippen LogP contribution in [0, 0.1) is 6.92 Å². The molecule has 0 aromatic carbocycles. The minimum Gasteiger partial charge on any atom is -0.383 e. The van der Waals surface area contributed by atoms with Crippen LogP contribution in [-0.4, -0.2) is 36.1 Å². The second kappa shape index (κ2) is 7.45.